The molecule has 0 aliphatic carbocycles. The van der Waals surface area contributed by atoms with Crippen LogP contribution in [0.5, 0.6) is 0 Å². The molecule has 2 unspecified atom stereocenters. The van der Waals surface area contributed by atoms with Crippen molar-refractivity contribution in [2.24, 2.45) is 0 Å². The van der Waals surface area contributed by atoms with Gasteiger partial charge in [-0.25, -0.2) is 0 Å². The molecule has 0 bridgehead atoms. The fourth-order valence-corrected chi connectivity index (χ4v) is 1.87. The molecule has 2 atom stereocenters. The van der Waals surface area contributed by atoms with Gasteiger partial charge in [0.15, 0.2) is 0 Å². The minimum atomic E-state index is -0.312. The highest BCUT2D eigenvalue weighted by Crippen LogP contribution is 2.24. The van der Waals surface area contributed by atoms with Gasteiger partial charge < -0.3 is 10.3 Å². The average Bonchev–Trinajstić information content (AvgIpc) is 2.49. The lowest BCUT2D eigenvalue weighted by Gasteiger charge is -2.34. The summed E-state index contributed by atoms with van der Waals surface area (Å²) < 4.78 is 0. The van der Waals surface area contributed by atoms with Crippen molar-refractivity contribution < 1.29 is 5.06 Å². The van der Waals surface area contributed by atoms with Gasteiger partial charge in [-0.1, -0.05) is 29.8 Å². The Morgan fingerprint density at radius 1 is 1.29 bits per heavy atom. The highest BCUT2D eigenvalue weighted by Gasteiger charge is 2.34. The third-order valence-corrected chi connectivity index (χ3v) is 3.03. The molecule has 0 amide bonds. The van der Waals surface area contributed by atoms with Gasteiger partial charge in [0.2, 0.25) is 0 Å². The molecule has 0 fully saturated rings. The van der Waals surface area contributed by atoms with E-state index >= 15 is 0 Å². The van der Waals surface area contributed by atoms with Crippen molar-refractivity contribution >= 4 is 0 Å². The summed E-state index contributed by atoms with van der Waals surface area (Å²) in [5, 5.41) is 11.9. The van der Waals surface area contributed by atoms with Gasteiger partial charge in [-0.15, -0.1) is 0 Å². The summed E-state index contributed by atoms with van der Waals surface area (Å²) in [4.78, 5) is 0. The standard InChI is InChI=1S/C12H15NO/c1-10-4-6-11(7-5-10)12(2)8-3-9-13(12)14/h3-7,9,13H,8H2,1-2H3. The van der Waals surface area contributed by atoms with Crippen LogP contribution in [0.3, 0.4) is 0 Å². The van der Waals surface area contributed by atoms with E-state index in [1.807, 2.05) is 13.0 Å². The summed E-state index contributed by atoms with van der Waals surface area (Å²) in [6.07, 6.45) is 4.48. The van der Waals surface area contributed by atoms with Gasteiger partial charge in [-0.05, 0) is 19.9 Å². The van der Waals surface area contributed by atoms with Gasteiger partial charge >= 0.3 is 0 Å². The van der Waals surface area contributed by atoms with Crippen LogP contribution >= 0.6 is 0 Å². The summed E-state index contributed by atoms with van der Waals surface area (Å²) in [7, 11) is 0. The maximum absolute atomic E-state index is 11.7. The number of hydrogen-bond donors (Lipinski definition) is 1. The van der Waals surface area contributed by atoms with E-state index in [4.69, 9.17) is 0 Å². The molecular weight excluding hydrogens is 174 g/mol. The monoisotopic (exact) mass is 189 g/mol. The van der Waals surface area contributed by atoms with Crippen LogP contribution < -0.4 is 5.06 Å². The van der Waals surface area contributed by atoms with Crippen molar-refractivity contribution in [2.75, 3.05) is 0 Å². The Balaban J connectivity index is 2.35. The maximum Gasteiger partial charge on any atom is 0.128 e. The Hall–Kier alpha value is -1.12. The third kappa shape index (κ3) is 1.37. The van der Waals surface area contributed by atoms with E-state index in [2.05, 4.69) is 31.2 Å². The van der Waals surface area contributed by atoms with Gasteiger partial charge in [0, 0.05) is 12.0 Å². The highest BCUT2D eigenvalue weighted by molar-refractivity contribution is 5.27. The van der Waals surface area contributed by atoms with Crippen LogP contribution in [-0.2, 0) is 5.54 Å². The Kier molecular flexibility index (Phi) is 2.17. The van der Waals surface area contributed by atoms with E-state index in [1.165, 1.54) is 5.56 Å². The smallest absolute Gasteiger partial charge is 0.128 e. The second-order valence-electron chi connectivity index (χ2n) is 4.17. The predicted octanol–water partition coefficient (Wildman–Crippen LogP) is 1.51. The molecule has 0 spiro atoms. The molecule has 0 radical (unpaired) electrons. The molecule has 0 saturated carbocycles. The van der Waals surface area contributed by atoms with Crippen LogP contribution in [0.1, 0.15) is 24.5 Å². The maximum atomic E-state index is 11.7. The molecule has 2 nitrogen and oxygen atoms in total. The Bertz CT molecular complexity index is 355. The van der Waals surface area contributed by atoms with E-state index in [0.717, 1.165) is 12.0 Å². The summed E-state index contributed by atoms with van der Waals surface area (Å²) in [6, 6.07) is 8.23. The third-order valence-electron chi connectivity index (χ3n) is 3.03. The van der Waals surface area contributed by atoms with Crippen molar-refractivity contribution in [1.29, 1.82) is 0 Å². The summed E-state index contributed by atoms with van der Waals surface area (Å²) in [5.74, 6) is 0. The summed E-state index contributed by atoms with van der Waals surface area (Å²) in [5.41, 5.74) is 2.04. The van der Waals surface area contributed by atoms with Gasteiger partial charge in [0.1, 0.15) is 5.54 Å². The average molecular weight is 189 g/mol. The minimum absolute atomic E-state index is 0.223. The number of rotatable bonds is 1. The zero-order valence-corrected chi connectivity index (χ0v) is 8.58. The predicted molar refractivity (Wildman–Crippen MR) is 56.6 cm³/mol. The molecule has 1 aromatic rings. The molecule has 74 valence electrons. The minimum Gasteiger partial charge on any atom is -0.629 e. The van der Waals surface area contributed by atoms with Crippen LogP contribution in [0.25, 0.3) is 0 Å². The van der Waals surface area contributed by atoms with Crippen LogP contribution in [-0.4, -0.2) is 0 Å². The zero-order valence-electron chi connectivity index (χ0n) is 8.58. The van der Waals surface area contributed by atoms with Crippen LogP contribution in [0.2, 0.25) is 0 Å². The Labute approximate surface area is 84.4 Å². The van der Waals surface area contributed by atoms with Crippen molar-refractivity contribution in [3.05, 3.63) is 52.9 Å². The molecule has 14 heavy (non-hydrogen) atoms. The number of nitrogens with one attached hydrogen (secondary N) is 1. The number of quaternary nitrogens is 1. The molecule has 0 aromatic heterocycles. The first-order valence-corrected chi connectivity index (χ1v) is 4.91. The van der Waals surface area contributed by atoms with E-state index in [0.29, 0.717) is 0 Å². The van der Waals surface area contributed by atoms with Crippen molar-refractivity contribution in [3.8, 4) is 0 Å². The van der Waals surface area contributed by atoms with E-state index in [-0.39, 0.29) is 10.6 Å². The lowest BCUT2D eigenvalue weighted by molar-refractivity contribution is -0.853. The molecule has 1 aliphatic rings. The van der Waals surface area contributed by atoms with Gasteiger partial charge in [0.05, 0.1) is 6.20 Å². The molecule has 1 N–H and O–H groups in total. The number of benzene rings is 1. The Morgan fingerprint density at radius 2 is 1.93 bits per heavy atom. The first-order chi connectivity index (χ1) is 6.63. The van der Waals surface area contributed by atoms with Crippen molar-refractivity contribution in [3.63, 3.8) is 0 Å². The second-order valence-corrected chi connectivity index (χ2v) is 4.17. The van der Waals surface area contributed by atoms with Crippen molar-refractivity contribution in [2.45, 2.75) is 25.8 Å². The fourth-order valence-electron chi connectivity index (χ4n) is 1.87. The SMILES string of the molecule is Cc1ccc(C2(C)CC=C[NH+]2[O-])cc1. The quantitative estimate of drug-likeness (QED) is 0.666. The molecule has 1 aromatic carbocycles. The number of aryl methyl sites for hydroxylation is 1. The van der Waals surface area contributed by atoms with Crippen molar-refractivity contribution in [1.82, 2.24) is 0 Å². The first kappa shape index (κ1) is 9.44. The van der Waals surface area contributed by atoms with Crippen LogP contribution in [0.15, 0.2) is 36.5 Å². The van der Waals surface area contributed by atoms with Gasteiger partial charge in [-0.3, -0.25) is 0 Å². The lowest BCUT2D eigenvalue weighted by atomic mass is 9.90. The van der Waals surface area contributed by atoms with E-state index < -0.39 is 0 Å². The normalized spacial score (nSPS) is 30.9. The zero-order chi connectivity index (χ0) is 10.2. The lowest BCUT2D eigenvalue weighted by Crippen LogP contribution is -3.08. The van der Waals surface area contributed by atoms with Gasteiger partial charge in [0.25, 0.3) is 0 Å². The molecule has 2 rings (SSSR count). The first-order valence-electron chi connectivity index (χ1n) is 4.91. The summed E-state index contributed by atoms with van der Waals surface area (Å²) in [6.45, 7) is 4.07. The number of hydrogen-bond acceptors (Lipinski definition) is 1. The Morgan fingerprint density at radius 3 is 2.43 bits per heavy atom. The van der Waals surface area contributed by atoms with Crippen LogP contribution in [0, 0.1) is 12.1 Å². The summed E-state index contributed by atoms with van der Waals surface area (Å²) >= 11 is 0. The van der Waals surface area contributed by atoms with Crippen LogP contribution in [0.4, 0.5) is 0 Å². The molecule has 2 heteroatoms. The second kappa shape index (κ2) is 3.23. The molecule has 1 aliphatic heterocycles. The van der Waals surface area contributed by atoms with E-state index in [1.54, 1.807) is 6.20 Å². The van der Waals surface area contributed by atoms with Gasteiger partial charge in [-0.2, -0.15) is 0 Å². The molecule has 0 saturated heterocycles. The number of hydroxylamine groups is 2. The topological polar surface area (TPSA) is 27.5 Å². The largest absolute Gasteiger partial charge is 0.629 e. The highest BCUT2D eigenvalue weighted by atomic mass is 16.5. The fraction of sp³-hybridized carbons (Fsp3) is 0.333. The molecular formula is C12H15NO. The molecule has 1 heterocycles. The van der Waals surface area contributed by atoms with E-state index in [9.17, 15) is 5.21 Å².